The third-order valence-electron chi connectivity index (χ3n) is 4.57. The number of aliphatic hydroxyl groups is 1. The fourth-order valence-corrected chi connectivity index (χ4v) is 3.12. The van der Waals surface area contributed by atoms with Gasteiger partial charge in [-0.15, -0.1) is 0 Å². The molecule has 0 unspecified atom stereocenters. The van der Waals surface area contributed by atoms with E-state index in [-0.39, 0.29) is 11.1 Å². The van der Waals surface area contributed by atoms with Crippen molar-refractivity contribution in [3.63, 3.8) is 0 Å². The molecule has 2 aromatic rings. The van der Waals surface area contributed by atoms with E-state index in [1.54, 1.807) is 24.3 Å². The molecule has 0 aliphatic heterocycles. The van der Waals surface area contributed by atoms with Crippen LogP contribution in [-0.4, -0.2) is 23.1 Å². The summed E-state index contributed by atoms with van der Waals surface area (Å²) in [6.07, 6.45) is -10.6. The molecule has 0 saturated heterocycles. The first-order chi connectivity index (χ1) is 11.3. The van der Waals surface area contributed by atoms with Crippen LogP contribution in [-0.2, 0) is 5.41 Å². The minimum atomic E-state index is -5.92. The van der Waals surface area contributed by atoms with Crippen LogP contribution in [0.1, 0.15) is 25.0 Å². The Labute approximate surface area is 140 Å². The van der Waals surface area contributed by atoms with Crippen LogP contribution in [0.3, 0.4) is 0 Å². The number of hydrogen-bond acceptors (Lipinski definition) is 1. The molecule has 0 heterocycles. The van der Waals surface area contributed by atoms with Gasteiger partial charge in [-0.25, -0.2) is 0 Å². The molecule has 0 aromatic heterocycles. The van der Waals surface area contributed by atoms with Crippen molar-refractivity contribution in [2.45, 2.75) is 37.2 Å². The first-order valence-electron chi connectivity index (χ1n) is 7.29. The predicted octanol–water partition coefficient (Wildman–Crippen LogP) is 5.62. The smallest absolute Gasteiger partial charge is 0.373 e. The van der Waals surface area contributed by atoms with Gasteiger partial charge in [0.1, 0.15) is 0 Å². The average molecular weight is 362 g/mol. The summed E-state index contributed by atoms with van der Waals surface area (Å²) in [6, 6.07) is 9.16. The lowest BCUT2D eigenvalue weighted by molar-refractivity contribution is -0.387. The zero-order chi connectivity index (χ0) is 19.3. The minimum absolute atomic E-state index is 0.120. The van der Waals surface area contributed by atoms with Crippen LogP contribution < -0.4 is 0 Å². The molecule has 0 amide bonds. The Hall–Kier alpha value is -2.02. The van der Waals surface area contributed by atoms with Crippen molar-refractivity contribution >= 4 is 16.8 Å². The summed E-state index contributed by atoms with van der Waals surface area (Å²) < 4.78 is 80.0. The molecule has 1 N–H and O–H groups in total. The molecule has 0 bridgehead atoms. The summed E-state index contributed by atoms with van der Waals surface area (Å²) in [4.78, 5) is 0. The van der Waals surface area contributed by atoms with Gasteiger partial charge in [-0.2, -0.15) is 26.3 Å². The van der Waals surface area contributed by atoms with Gasteiger partial charge in [0.2, 0.25) is 0 Å². The highest BCUT2D eigenvalue weighted by Crippen LogP contribution is 2.54. The van der Waals surface area contributed by atoms with Crippen molar-refractivity contribution in [3.05, 3.63) is 54.1 Å². The van der Waals surface area contributed by atoms with Gasteiger partial charge in [0.05, 0.1) is 0 Å². The normalized spacial score (nSPS) is 14.0. The fourth-order valence-electron chi connectivity index (χ4n) is 3.12. The van der Waals surface area contributed by atoms with E-state index in [4.69, 9.17) is 0 Å². The Morgan fingerprint density at radius 2 is 1.40 bits per heavy atom. The Bertz CT molecular complexity index is 787. The van der Waals surface area contributed by atoms with Crippen molar-refractivity contribution < 1.29 is 31.4 Å². The lowest BCUT2D eigenvalue weighted by atomic mass is 9.67. The van der Waals surface area contributed by atoms with Crippen molar-refractivity contribution in [1.82, 2.24) is 0 Å². The number of hydrogen-bond donors (Lipinski definition) is 1. The molecule has 7 heteroatoms. The molecular weight excluding hydrogens is 346 g/mol. The van der Waals surface area contributed by atoms with Crippen molar-refractivity contribution in [2.75, 3.05) is 0 Å². The maximum atomic E-state index is 13.3. The van der Waals surface area contributed by atoms with E-state index in [0.29, 0.717) is 10.8 Å². The molecular formula is C18H16F6O. The lowest BCUT2D eigenvalue weighted by Crippen LogP contribution is -2.67. The highest BCUT2D eigenvalue weighted by atomic mass is 19.4. The molecule has 0 saturated carbocycles. The zero-order valence-corrected chi connectivity index (χ0v) is 13.5. The second-order valence-electron chi connectivity index (χ2n) is 6.28. The van der Waals surface area contributed by atoms with E-state index in [2.05, 4.69) is 6.58 Å². The fraction of sp³-hybridized carbons (Fsp3) is 0.333. The number of fused-ring (bicyclic) bond motifs is 1. The molecule has 0 atom stereocenters. The van der Waals surface area contributed by atoms with Crippen LogP contribution >= 0.6 is 0 Å². The standard InChI is InChI=1S/C18H16F6O/c1-4-12-13-8-6-5-7-11(13)9-10-14(12)15(2,3)16(25,17(19,20)21)18(22,23)24/h4-10,25H,1H2,2-3H3. The van der Waals surface area contributed by atoms with Gasteiger partial charge in [-0.05, 0) is 21.9 Å². The van der Waals surface area contributed by atoms with E-state index >= 15 is 0 Å². The average Bonchev–Trinajstić information content (AvgIpc) is 2.50. The second-order valence-corrected chi connectivity index (χ2v) is 6.28. The van der Waals surface area contributed by atoms with Crippen molar-refractivity contribution in [3.8, 4) is 0 Å². The summed E-state index contributed by atoms with van der Waals surface area (Å²) in [5.41, 5.74) is -7.81. The largest absolute Gasteiger partial charge is 0.427 e. The van der Waals surface area contributed by atoms with Crippen LogP contribution in [0.15, 0.2) is 43.0 Å². The van der Waals surface area contributed by atoms with E-state index in [0.717, 1.165) is 13.8 Å². The van der Waals surface area contributed by atoms with E-state index in [1.807, 2.05) is 0 Å². The summed E-state index contributed by atoms with van der Waals surface area (Å²) in [6.45, 7) is 4.97. The number of benzene rings is 2. The number of rotatable bonds is 3. The van der Waals surface area contributed by atoms with Gasteiger partial charge in [0, 0.05) is 5.41 Å². The molecule has 2 rings (SSSR count). The zero-order valence-electron chi connectivity index (χ0n) is 13.5. The molecule has 1 nitrogen and oxygen atoms in total. The van der Waals surface area contributed by atoms with Crippen molar-refractivity contribution in [1.29, 1.82) is 0 Å². The molecule has 0 spiro atoms. The Morgan fingerprint density at radius 1 is 0.880 bits per heavy atom. The Morgan fingerprint density at radius 3 is 1.88 bits per heavy atom. The molecule has 0 aliphatic carbocycles. The molecule has 0 aliphatic rings. The maximum absolute atomic E-state index is 13.3. The molecule has 136 valence electrons. The van der Waals surface area contributed by atoms with Crippen LogP contribution in [0, 0.1) is 0 Å². The monoisotopic (exact) mass is 362 g/mol. The summed E-state index contributed by atoms with van der Waals surface area (Å²) in [7, 11) is 0. The topological polar surface area (TPSA) is 20.2 Å². The van der Waals surface area contributed by atoms with Gasteiger partial charge in [-0.3, -0.25) is 0 Å². The Balaban J connectivity index is 2.87. The van der Waals surface area contributed by atoms with Crippen LogP contribution in [0.2, 0.25) is 0 Å². The minimum Gasteiger partial charge on any atom is -0.373 e. The highest BCUT2D eigenvalue weighted by molar-refractivity contribution is 5.92. The number of halogens is 6. The molecule has 0 fully saturated rings. The highest BCUT2D eigenvalue weighted by Gasteiger charge is 2.77. The van der Waals surface area contributed by atoms with Crippen LogP contribution in [0.5, 0.6) is 0 Å². The SMILES string of the molecule is C=Cc1c(C(C)(C)C(O)(C(F)(F)F)C(F)(F)F)ccc2ccccc12. The summed E-state index contributed by atoms with van der Waals surface area (Å²) >= 11 is 0. The summed E-state index contributed by atoms with van der Waals surface area (Å²) in [5, 5.41) is 11.0. The lowest BCUT2D eigenvalue weighted by Gasteiger charge is -2.45. The second kappa shape index (κ2) is 5.76. The molecule has 0 radical (unpaired) electrons. The van der Waals surface area contributed by atoms with E-state index in [1.165, 1.54) is 18.2 Å². The van der Waals surface area contributed by atoms with Crippen LogP contribution in [0.4, 0.5) is 26.3 Å². The predicted molar refractivity (Wildman–Crippen MR) is 84.1 cm³/mol. The first-order valence-corrected chi connectivity index (χ1v) is 7.29. The van der Waals surface area contributed by atoms with Crippen molar-refractivity contribution in [2.24, 2.45) is 0 Å². The van der Waals surface area contributed by atoms with Gasteiger partial charge in [0.15, 0.2) is 0 Å². The van der Waals surface area contributed by atoms with Gasteiger partial charge < -0.3 is 5.11 Å². The van der Waals surface area contributed by atoms with Crippen LogP contribution in [0.25, 0.3) is 16.8 Å². The number of alkyl halides is 6. The van der Waals surface area contributed by atoms with E-state index < -0.39 is 23.4 Å². The third kappa shape index (κ3) is 2.70. The van der Waals surface area contributed by atoms with Gasteiger partial charge in [0.25, 0.3) is 5.60 Å². The van der Waals surface area contributed by atoms with Gasteiger partial charge in [-0.1, -0.05) is 62.9 Å². The third-order valence-corrected chi connectivity index (χ3v) is 4.57. The maximum Gasteiger partial charge on any atom is 0.427 e. The van der Waals surface area contributed by atoms with E-state index in [9.17, 15) is 31.4 Å². The Kier molecular flexibility index (Phi) is 4.45. The quantitative estimate of drug-likeness (QED) is 0.703. The summed E-state index contributed by atoms with van der Waals surface area (Å²) in [5.74, 6) is 0. The van der Waals surface area contributed by atoms with Gasteiger partial charge >= 0.3 is 12.4 Å². The molecule has 2 aromatic carbocycles. The first kappa shape index (κ1) is 19.3. The molecule has 25 heavy (non-hydrogen) atoms.